The van der Waals surface area contributed by atoms with Crippen molar-refractivity contribution in [2.45, 2.75) is 38.1 Å². The quantitative estimate of drug-likeness (QED) is 0.912. The van der Waals surface area contributed by atoms with Crippen LogP contribution in [0.1, 0.15) is 43.7 Å². The van der Waals surface area contributed by atoms with E-state index in [-0.39, 0.29) is 6.04 Å². The first-order valence-electron chi connectivity index (χ1n) is 7.11. The molecule has 0 amide bonds. The Bertz CT molecular complexity index is 401. The molecule has 2 N–H and O–H groups in total. The molecule has 0 bridgehead atoms. The lowest BCUT2D eigenvalue weighted by Crippen LogP contribution is -2.36. The van der Waals surface area contributed by atoms with Crippen LogP contribution in [-0.2, 0) is 0 Å². The number of likely N-dealkylation sites (tertiary alicyclic amines) is 1. The van der Waals surface area contributed by atoms with Gasteiger partial charge in [-0.15, -0.1) is 0 Å². The molecule has 4 heteroatoms. The lowest BCUT2D eigenvalue weighted by molar-refractivity contribution is 0.180. The number of nitrogens with two attached hydrogens (primary N) is 1. The first-order valence-corrected chi connectivity index (χ1v) is 7.11. The van der Waals surface area contributed by atoms with Gasteiger partial charge in [-0.25, -0.2) is 8.78 Å². The summed E-state index contributed by atoms with van der Waals surface area (Å²) in [7, 11) is 0. The van der Waals surface area contributed by atoms with Crippen LogP contribution in [-0.4, -0.2) is 24.5 Å². The highest BCUT2D eigenvalue weighted by Gasteiger charge is 2.22. The molecule has 2 rings (SSSR count). The lowest BCUT2D eigenvalue weighted by Gasteiger charge is -2.32. The maximum absolute atomic E-state index is 13.9. The highest BCUT2D eigenvalue weighted by molar-refractivity contribution is 5.22. The van der Waals surface area contributed by atoms with Gasteiger partial charge in [-0.1, -0.05) is 25.3 Å². The molecule has 0 radical (unpaired) electrons. The van der Waals surface area contributed by atoms with E-state index in [0.717, 1.165) is 32.0 Å². The number of hydrogen-bond acceptors (Lipinski definition) is 2. The van der Waals surface area contributed by atoms with Gasteiger partial charge in [0.2, 0.25) is 0 Å². The summed E-state index contributed by atoms with van der Waals surface area (Å²) in [5.41, 5.74) is 6.35. The third-order valence-electron chi connectivity index (χ3n) is 3.88. The van der Waals surface area contributed by atoms with Crippen molar-refractivity contribution in [3.05, 3.63) is 35.4 Å². The summed E-state index contributed by atoms with van der Waals surface area (Å²) >= 11 is 0. The zero-order chi connectivity index (χ0) is 13.7. The minimum Gasteiger partial charge on any atom is -0.329 e. The van der Waals surface area contributed by atoms with E-state index in [4.69, 9.17) is 5.73 Å². The molecule has 1 aliphatic rings. The molecule has 0 spiro atoms. The maximum Gasteiger partial charge on any atom is 0.130 e. The van der Waals surface area contributed by atoms with Gasteiger partial charge in [0.05, 0.1) is 0 Å². The highest BCUT2D eigenvalue weighted by Crippen LogP contribution is 2.25. The Balaban J connectivity index is 2.17. The normalized spacial score (nSPS) is 19.7. The average Bonchev–Trinajstić information content (AvgIpc) is 2.34. The molecule has 1 atom stereocenters. The molecule has 1 aromatic carbocycles. The Labute approximate surface area is 113 Å². The predicted molar refractivity (Wildman–Crippen MR) is 72.8 cm³/mol. The predicted octanol–water partition coefficient (Wildman–Crippen LogP) is 3.23. The Hall–Kier alpha value is -1.00. The van der Waals surface area contributed by atoms with Crippen LogP contribution < -0.4 is 5.73 Å². The van der Waals surface area contributed by atoms with Crippen molar-refractivity contribution in [2.75, 3.05) is 19.6 Å². The number of rotatable bonds is 3. The summed E-state index contributed by atoms with van der Waals surface area (Å²) in [4.78, 5) is 2.25. The highest BCUT2D eigenvalue weighted by atomic mass is 19.1. The van der Waals surface area contributed by atoms with Gasteiger partial charge in [-0.2, -0.15) is 0 Å². The van der Waals surface area contributed by atoms with E-state index in [1.54, 1.807) is 0 Å². The van der Waals surface area contributed by atoms with Crippen LogP contribution in [0.2, 0.25) is 0 Å². The third kappa shape index (κ3) is 3.74. The summed E-state index contributed by atoms with van der Waals surface area (Å²) in [6.45, 7) is 2.25. The van der Waals surface area contributed by atoms with Crippen LogP contribution in [0.3, 0.4) is 0 Å². The van der Waals surface area contributed by atoms with Crippen LogP contribution in [0.15, 0.2) is 18.2 Å². The monoisotopic (exact) mass is 268 g/mol. The molecule has 19 heavy (non-hydrogen) atoms. The van der Waals surface area contributed by atoms with E-state index < -0.39 is 11.6 Å². The largest absolute Gasteiger partial charge is 0.329 e. The van der Waals surface area contributed by atoms with Crippen LogP contribution >= 0.6 is 0 Å². The topological polar surface area (TPSA) is 29.3 Å². The zero-order valence-electron chi connectivity index (χ0n) is 11.2. The third-order valence-corrected chi connectivity index (χ3v) is 3.88. The van der Waals surface area contributed by atoms with Crippen LogP contribution in [0, 0.1) is 11.6 Å². The van der Waals surface area contributed by atoms with Crippen molar-refractivity contribution in [2.24, 2.45) is 5.73 Å². The van der Waals surface area contributed by atoms with Crippen LogP contribution in [0.5, 0.6) is 0 Å². The Morgan fingerprint density at radius 3 is 2.26 bits per heavy atom. The molecule has 1 heterocycles. The smallest absolute Gasteiger partial charge is 0.130 e. The molecule has 1 aliphatic heterocycles. The van der Waals surface area contributed by atoms with Crippen LogP contribution in [0.25, 0.3) is 0 Å². The summed E-state index contributed by atoms with van der Waals surface area (Å²) in [6, 6.07) is 3.65. The zero-order valence-corrected chi connectivity index (χ0v) is 11.2. The van der Waals surface area contributed by atoms with E-state index in [1.165, 1.54) is 31.4 Å². The first-order chi connectivity index (χ1) is 9.22. The number of nitrogens with zero attached hydrogens (tertiary/aromatic N) is 1. The van der Waals surface area contributed by atoms with E-state index >= 15 is 0 Å². The summed E-state index contributed by atoms with van der Waals surface area (Å²) in [5, 5.41) is 0. The summed E-state index contributed by atoms with van der Waals surface area (Å²) < 4.78 is 26.9. The SMILES string of the molecule is NCC(c1ccc(F)cc1F)N1CCCCCCC1. The number of halogens is 2. The van der Waals surface area contributed by atoms with Crippen molar-refractivity contribution in [1.82, 2.24) is 4.90 Å². The molecule has 0 aromatic heterocycles. The van der Waals surface area contributed by atoms with E-state index in [1.807, 2.05) is 0 Å². The average molecular weight is 268 g/mol. The van der Waals surface area contributed by atoms with Gasteiger partial charge in [0.1, 0.15) is 11.6 Å². The van der Waals surface area contributed by atoms with E-state index in [9.17, 15) is 8.78 Å². The number of benzene rings is 1. The molecular weight excluding hydrogens is 246 g/mol. The second-order valence-corrected chi connectivity index (χ2v) is 5.22. The van der Waals surface area contributed by atoms with Gasteiger partial charge in [-0.3, -0.25) is 4.90 Å². The van der Waals surface area contributed by atoms with Crippen molar-refractivity contribution < 1.29 is 8.78 Å². The van der Waals surface area contributed by atoms with Crippen LogP contribution in [0.4, 0.5) is 8.78 Å². The molecule has 1 aromatic rings. The maximum atomic E-state index is 13.9. The first kappa shape index (κ1) is 14.4. The Kier molecular flexibility index (Phi) is 5.28. The molecule has 1 fully saturated rings. The van der Waals surface area contributed by atoms with Crippen molar-refractivity contribution in [3.63, 3.8) is 0 Å². The molecule has 1 unspecified atom stereocenters. The van der Waals surface area contributed by atoms with Crippen molar-refractivity contribution in [3.8, 4) is 0 Å². The Morgan fingerprint density at radius 1 is 1.05 bits per heavy atom. The standard InChI is InChI=1S/C15H22F2N2/c16-12-6-7-13(14(17)10-12)15(11-18)19-8-4-2-1-3-5-9-19/h6-7,10,15H,1-5,8-9,11,18H2. The molecule has 1 saturated heterocycles. The van der Waals surface area contributed by atoms with Gasteiger partial charge >= 0.3 is 0 Å². The fourth-order valence-corrected chi connectivity index (χ4v) is 2.83. The van der Waals surface area contributed by atoms with Crippen molar-refractivity contribution >= 4 is 0 Å². The second kappa shape index (κ2) is 6.96. The van der Waals surface area contributed by atoms with E-state index in [2.05, 4.69) is 4.90 Å². The molecule has 0 saturated carbocycles. The Morgan fingerprint density at radius 2 is 1.68 bits per heavy atom. The molecule has 2 nitrogen and oxygen atoms in total. The molecular formula is C15H22F2N2. The van der Waals surface area contributed by atoms with E-state index in [0.29, 0.717) is 12.1 Å². The molecule has 0 aliphatic carbocycles. The fourth-order valence-electron chi connectivity index (χ4n) is 2.83. The van der Waals surface area contributed by atoms with Gasteiger partial charge in [-0.05, 0) is 32.0 Å². The second-order valence-electron chi connectivity index (χ2n) is 5.22. The van der Waals surface area contributed by atoms with Gasteiger partial charge in [0.25, 0.3) is 0 Å². The fraction of sp³-hybridized carbons (Fsp3) is 0.600. The summed E-state index contributed by atoms with van der Waals surface area (Å²) in [5.74, 6) is -1.03. The summed E-state index contributed by atoms with van der Waals surface area (Å²) in [6.07, 6.45) is 5.98. The lowest BCUT2D eigenvalue weighted by atomic mass is 10.0. The van der Waals surface area contributed by atoms with Crippen molar-refractivity contribution in [1.29, 1.82) is 0 Å². The minimum absolute atomic E-state index is 0.140. The van der Waals surface area contributed by atoms with Gasteiger partial charge in [0.15, 0.2) is 0 Å². The van der Waals surface area contributed by atoms with Gasteiger partial charge < -0.3 is 5.73 Å². The molecule has 106 valence electrons. The number of hydrogen-bond donors (Lipinski definition) is 1. The van der Waals surface area contributed by atoms with Gasteiger partial charge in [0, 0.05) is 24.2 Å². The minimum atomic E-state index is -0.537.